The van der Waals surface area contributed by atoms with Crippen LogP contribution in [0.4, 0.5) is 5.69 Å². The van der Waals surface area contributed by atoms with Crippen LogP contribution in [0.3, 0.4) is 0 Å². The molecule has 9 heteroatoms. The lowest BCUT2D eigenvalue weighted by molar-refractivity contribution is -0.139. The summed E-state index contributed by atoms with van der Waals surface area (Å²) >= 11 is 5.98. The number of carbonyl (C=O) groups excluding carboxylic acids is 2. The number of carbonyl (C=O) groups is 2. The van der Waals surface area contributed by atoms with Gasteiger partial charge < -0.3 is 10.2 Å². The number of aryl methyl sites for hydroxylation is 1. The van der Waals surface area contributed by atoms with E-state index in [0.717, 1.165) is 15.4 Å². The Morgan fingerprint density at radius 3 is 2.11 bits per heavy atom. The lowest BCUT2D eigenvalue weighted by Crippen LogP contribution is -2.51. The van der Waals surface area contributed by atoms with Crippen molar-refractivity contribution in [3.8, 4) is 0 Å². The van der Waals surface area contributed by atoms with Gasteiger partial charge in [0.05, 0.1) is 10.6 Å². The Balaban J connectivity index is 1.99. The van der Waals surface area contributed by atoms with E-state index in [1.807, 2.05) is 45.0 Å². The van der Waals surface area contributed by atoms with Gasteiger partial charge in [0, 0.05) is 18.1 Å². The molecule has 2 amide bonds. The van der Waals surface area contributed by atoms with E-state index in [4.69, 9.17) is 11.6 Å². The van der Waals surface area contributed by atoms with Gasteiger partial charge in [-0.15, -0.1) is 0 Å². The van der Waals surface area contributed by atoms with E-state index in [2.05, 4.69) is 5.32 Å². The average Bonchev–Trinajstić information content (AvgIpc) is 2.90. The summed E-state index contributed by atoms with van der Waals surface area (Å²) in [5.74, 6) is -0.556. The molecule has 0 aliphatic carbocycles. The van der Waals surface area contributed by atoms with Crippen LogP contribution >= 0.6 is 11.6 Å². The van der Waals surface area contributed by atoms with Crippen molar-refractivity contribution in [1.29, 1.82) is 0 Å². The van der Waals surface area contributed by atoms with Crippen molar-refractivity contribution in [2.45, 2.75) is 45.2 Å². The topological polar surface area (TPSA) is 86.8 Å². The van der Waals surface area contributed by atoms with Crippen molar-refractivity contribution in [2.75, 3.05) is 17.4 Å². The number of halogens is 1. The van der Waals surface area contributed by atoms with Crippen LogP contribution in [-0.4, -0.2) is 44.3 Å². The summed E-state index contributed by atoms with van der Waals surface area (Å²) in [5, 5.41) is 3.29. The Bertz CT molecular complexity index is 1350. The molecule has 0 spiro atoms. The van der Waals surface area contributed by atoms with Gasteiger partial charge in [0.2, 0.25) is 11.8 Å². The maximum atomic E-state index is 13.9. The number of para-hydroxylation sites is 1. The van der Waals surface area contributed by atoms with Gasteiger partial charge in [-0.05, 0) is 67.3 Å². The Hall–Kier alpha value is -3.36. The van der Waals surface area contributed by atoms with E-state index >= 15 is 0 Å². The fourth-order valence-electron chi connectivity index (χ4n) is 3.86. The molecule has 0 aromatic heterocycles. The number of hydrogen-bond acceptors (Lipinski definition) is 4. The van der Waals surface area contributed by atoms with E-state index in [1.54, 1.807) is 37.3 Å². The van der Waals surface area contributed by atoms with Gasteiger partial charge in [0.1, 0.15) is 12.6 Å². The zero-order valence-electron chi connectivity index (χ0n) is 22.1. The van der Waals surface area contributed by atoms with Gasteiger partial charge in [0.15, 0.2) is 0 Å². The molecular weight excluding hydrogens is 522 g/mol. The highest BCUT2D eigenvalue weighted by Crippen LogP contribution is 2.25. The molecule has 1 unspecified atom stereocenters. The number of anilines is 1. The van der Waals surface area contributed by atoms with Gasteiger partial charge in [-0.25, -0.2) is 8.42 Å². The van der Waals surface area contributed by atoms with E-state index in [9.17, 15) is 18.0 Å². The molecule has 0 aliphatic heterocycles. The highest BCUT2D eigenvalue weighted by Gasteiger charge is 2.32. The van der Waals surface area contributed by atoms with Crippen LogP contribution < -0.4 is 9.62 Å². The first kappa shape index (κ1) is 29.2. The standard InChI is InChI=1S/C29H34ClN3O4S/c1-21(2)18-31-29(35)23(4)32(19-24-11-9-8-10-22(24)3)28(34)20-33(26-12-6-5-7-13-26)38(36,37)27-16-14-25(30)15-17-27/h5-17,21,23H,18-20H2,1-4H3,(H,31,35). The summed E-state index contributed by atoms with van der Waals surface area (Å²) in [7, 11) is -4.12. The molecular formula is C29H34ClN3O4S. The number of sulfonamides is 1. The molecule has 7 nitrogen and oxygen atoms in total. The minimum Gasteiger partial charge on any atom is -0.354 e. The summed E-state index contributed by atoms with van der Waals surface area (Å²) in [6.07, 6.45) is 0. The second kappa shape index (κ2) is 12.9. The predicted molar refractivity (Wildman–Crippen MR) is 151 cm³/mol. The van der Waals surface area contributed by atoms with Gasteiger partial charge in [0.25, 0.3) is 10.0 Å². The Labute approximate surface area is 230 Å². The third kappa shape index (κ3) is 7.36. The third-order valence-corrected chi connectivity index (χ3v) is 8.22. The minimum atomic E-state index is -4.12. The molecule has 0 saturated heterocycles. The highest BCUT2D eigenvalue weighted by molar-refractivity contribution is 7.92. The van der Waals surface area contributed by atoms with Crippen LogP contribution in [0.1, 0.15) is 31.9 Å². The number of benzene rings is 3. The van der Waals surface area contributed by atoms with Crippen LogP contribution in [0.2, 0.25) is 5.02 Å². The Kier molecular flexibility index (Phi) is 9.94. The maximum Gasteiger partial charge on any atom is 0.264 e. The first-order valence-corrected chi connectivity index (χ1v) is 14.3. The molecule has 38 heavy (non-hydrogen) atoms. The average molecular weight is 556 g/mol. The Morgan fingerprint density at radius 1 is 0.895 bits per heavy atom. The first-order chi connectivity index (χ1) is 18.0. The van der Waals surface area contributed by atoms with Crippen LogP contribution in [0.5, 0.6) is 0 Å². The molecule has 0 radical (unpaired) electrons. The second-order valence-electron chi connectivity index (χ2n) is 9.56. The molecule has 3 aromatic carbocycles. The molecule has 3 rings (SSSR count). The fraction of sp³-hybridized carbons (Fsp3) is 0.310. The monoisotopic (exact) mass is 555 g/mol. The van der Waals surface area contributed by atoms with Gasteiger partial charge >= 0.3 is 0 Å². The molecule has 3 aromatic rings. The summed E-state index contributed by atoms with van der Waals surface area (Å²) in [6, 6.07) is 21.0. The summed E-state index contributed by atoms with van der Waals surface area (Å²) < 4.78 is 28.5. The van der Waals surface area contributed by atoms with Crippen molar-refractivity contribution in [2.24, 2.45) is 5.92 Å². The van der Waals surface area contributed by atoms with Crippen molar-refractivity contribution < 1.29 is 18.0 Å². The molecule has 0 aliphatic rings. The molecule has 202 valence electrons. The number of hydrogen-bond donors (Lipinski definition) is 1. The molecule has 0 saturated carbocycles. The van der Waals surface area contributed by atoms with Crippen LogP contribution in [0.15, 0.2) is 83.8 Å². The highest BCUT2D eigenvalue weighted by atomic mass is 35.5. The van der Waals surface area contributed by atoms with Crippen molar-refractivity contribution in [3.05, 3.63) is 95.0 Å². The zero-order valence-corrected chi connectivity index (χ0v) is 23.7. The largest absolute Gasteiger partial charge is 0.354 e. The first-order valence-electron chi connectivity index (χ1n) is 12.5. The molecule has 0 fully saturated rings. The fourth-order valence-corrected chi connectivity index (χ4v) is 5.40. The van der Waals surface area contributed by atoms with Crippen LogP contribution in [0, 0.1) is 12.8 Å². The summed E-state index contributed by atoms with van der Waals surface area (Å²) in [6.45, 7) is 7.71. The second-order valence-corrected chi connectivity index (χ2v) is 11.9. The third-order valence-electron chi connectivity index (χ3n) is 6.18. The lowest BCUT2D eigenvalue weighted by Gasteiger charge is -2.32. The van der Waals surface area contributed by atoms with Crippen LogP contribution in [0.25, 0.3) is 0 Å². The van der Waals surface area contributed by atoms with Crippen molar-refractivity contribution in [1.82, 2.24) is 10.2 Å². The maximum absolute atomic E-state index is 13.9. The van der Waals surface area contributed by atoms with Gasteiger partial charge in [-0.3, -0.25) is 13.9 Å². The van der Waals surface area contributed by atoms with Gasteiger partial charge in [-0.2, -0.15) is 0 Å². The number of rotatable bonds is 11. The molecule has 1 N–H and O–H groups in total. The number of nitrogens with zero attached hydrogens (tertiary/aromatic N) is 2. The Morgan fingerprint density at radius 2 is 1.50 bits per heavy atom. The lowest BCUT2D eigenvalue weighted by atomic mass is 10.1. The number of nitrogens with one attached hydrogen (secondary N) is 1. The molecule has 0 heterocycles. The summed E-state index contributed by atoms with van der Waals surface area (Å²) in [4.78, 5) is 28.3. The smallest absolute Gasteiger partial charge is 0.264 e. The van der Waals surface area contributed by atoms with Crippen LogP contribution in [-0.2, 0) is 26.2 Å². The van der Waals surface area contributed by atoms with Crippen molar-refractivity contribution in [3.63, 3.8) is 0 Å². The van der Waals surface area contributed by atoms with E-state index in [1.165, 1.54) is 29.2 Å². The van der Waals surface area contributed by atoms with Crippen molar-refractivity contribution >= 4 is 39.1 Å². The molecule has 1 atom stereocenters. The van der Waals surface area contributed by atoms with Gasteiger partial charge in [-0.1, -0.05) is 67.9 Å². The molecule has 0 bridgehead atoms. The normalized spacial score (nSPS) is 12.2. The number of amides is 2. The SMILES string of the molecule is Cc1ccccc1CN(C(=O)CN(c1ccccc1)S(=O)(=O)c1ccc(Cl)cc1)C(C)C(=O)NCC(C)C. The minimum absolute atomic E-state index is 0.00623. The van der Waals surface area contributed by atoms with E-state index < -0.39 is 28.5 Å². The van der Waals surface area contributed by atoms with E-state index in [0.29, 0.717) is 17.3 Å². The summed E-state index contributed by atoms with van der Waals surface area (Å²) in [5.41, 5.74) is 2.17. The predicted octanol–water partition coefficient (Wildman–Crippen LogP) is 5.03. The quantitative estimate of drug-likeness (QED) is 0.359. The van der Waals surface area contributed by atoms with E-state index in [-0.39, 0.29) is 23.3 Å². The zero-order chi connectivity index (χ0) is 27.9.